The number of aryl methyl sites for hydroxylation is 1. The average Bonchev–Trinajstić information content (AvgIpc) is 3.03. The van der Waals surface area contributed by atoms with Gasteiger partial charge in [-0.1, -0.05) is 25.1 Å². The van der Waals surface area contributed by atoms with E-state index in [-0.39, 0.29) is 29.1 Å². The summed E-state index contributed by atoms with van der Waals surface area (Å²) in [6.07, 6.45) is 4.81. The van der Waals surface area contributed by atoms with Gasteiger partial charge in [0.1, 0.15) is 0 Å². The lowest BCUT2D eigenvalue weighted by atomic mass is 9.85. The molecule has 0 bridgehead atoms. The minimum Gasteiger partial charge on any atom is -0.593 e. The second-order valence-electron chi connectivity index (χ2n) is 8.22. The molecular formula is C25H34ClO5+. The number of halogens is 1. The molecule has 1 aromatic carbocycles. The van der Waals surface area contributed by atoms with E-state index in [2.05, 4.69) is 16.6 Å². The van der Waals surface area contributed by atoms with Crippen LogP contribution in [-0.2, 0) is 16.0 Å². The van der Waals surface area contributed by atoms with Crippen molar-refractivity contribution in [3.05, 3.63) is 41.5 Å². The van der Waals surface area contributed by atoms with E-state index < -0.39 is 12.2 Å². The van der Waals surface area contributed by atoms with E-state index >= 15 is 0 Å². The van der Waals surface area contributed by atoms with Gasteiger partial charge in [0.05, 0.1) is 24.9 Å². The number of methoxy groups -OCH3 is 1. The molecule has 0 aromatic heterocycles. The maximum Gasteiger partial charge on any atom is 0.305 e. The van der Waals surface area contributed by atoms with Crippen molar-refractivity contribution in [3.63, 3.8) is 0 Å². The Morgan fingerprint density at radius 2 is 2.19 bits per heavy atom. The van der Waals surface area contributed by atoms with Gasteiger partial charge in [0.2, 0.25) is 0 Å². The number of carbonyl (C=O) groups is 1. The van der Waals surface area contributed by atoms with Gasteiger partial charge in [-0.2, -0.15) is 0 Å². The fourth-order valence-corrected chi connectivity index (χ4v) is 4.60. The molecule has 0 amide bonds. The first-order valence-electron chi connectivity index (χ1n) is 10.8. The number of alkyl halides is 1. The van der Waals surface area contributed by atoms with Crippen molar-refractivity contribution in [2.24, 2.45) is 11.8 Å². The standard InChI is InChI=1S/C25H33ClO5/c1-4-5-8-16(2)21(27)14-13-18-22(28)15-20(26)24(18)19-11-6-9-17(25(19)30)10-7-12-23(29)31-3/h6,9,11,13-14,16,18,20-22,24,27-28,30H,7-8,10,12,15H2,1-3H3/p+1/b14-13+/t16?,18-,20+,21?,22+,24-/m0/s1. The maximum absolute atomic E-state index is 11.4. The Hall–Kier alpha value is -2.00. The predicted molar refractivity (Wildman–Crippen MR) is 123 cm³/mol. The lowest BCUT2D eigenvalue weighted by Crippen LogP contribution is -2.20. The number of aliphatic hydroxyl groups excluding tert-OH is 2. The number of aliphatic hydroxyl groups is 2. The quantitative estimate of drug-likeness (QED) is 0.198. The van der Waals surface area contributed by atoms with Crippen LogP contribution in [0.15, 0.2) is 30.4 Å². The Balaban J connectivity index is 2.20. The van der Waals surface area contributed by atoms with Crippen molar-refractivity contribution in [1.29, 1.82) is 0 Å². The number of ether oxygens (including phenoxy) is 1. The first-order chi connectivity index (χ1) is 14.8. The van der Waals surface area contributed by atoms with Crippen molar-refractivity contribution in [1.82, 2.24) is 0 Å². The highest BCUT2D eigenvalue weighted by atomic mass is 35.5. The number of esters is 1. The molecule has 0 saturated heterocycles. The number of benzene rings is 1. The van der Waals surface area contributed by atoms with E-state index in [1.54, 1.807) is 13.0 Å². The Morgan fingerprint density at radius 1 is 1.45 bits per heavy atom. The van der Waals surface area contributed by atoms with Crippen molar-refractivity contribution in [2.45, 2.75) is 69.5 Å². The molecule has 4 N–H and O–H groups in total. The zero-order valence-corrected chi connectivity index (χ0v) is 19.2. The van der Waals surface area contributed by atoms with E-state index in [1.807, 2.05) is 31.2 Å². The van der Waals surface area contributed by atoms with Crippen LogP contribution in [0.5, 0.6) is 5.75 Å². The molecule has 0 radical (unpaired) electrons. The van der Waals surface area contributed by atoms with Crippen LogP contribution in [0.2, 0.25) is 0 Å². The van der Waals surface area contributed by atoms with E-state index in [1.165, 1.54) is 7.11 Å². The molecule has 1 aliphatic rings. The third-order valence-corrected chi connectivity index (χ3v) is 6.48. The lowest BCUT2D eigenvalue weighted by molar-refractivity contribution is -0.140. The molecule has 1 aromatic rings. The van der Waals surface area contributed by atoms with Gasteiger partial charge in [-0.05, 0) is 44.2 Å². The first kappa shape index (κ1) is 25.3. The summed E-state index contributed by atoms with van der Waals surface area (Å²) in [6, 6.07) is 5.68. The highest BCUT2D eigenvalue weighted by Crippen LogP contribution is 2.47. The summed E-state index contributed by atoms with van der Waals surface area (Å²) in [5.41, 5.74) is 1.64. The van der Waals surface area contributed by atoms with Crippen molar-refractivity contribution in [2.75, 3.05) is 7.11 Å². The fourth-order valence-electron chi connectivity index (χ4n) is 4.11. The van der Waals surface area contributed by atoms with E-state index in [0.717, 1.165) is 11.1 Å². The minimum absolute atomic E-state index is 0.0163. The molecule has 170 valence electrons. The van der Waals surface area contributed by atoms with E-state index in [4.69, 9.17) is 16.7 Å². The highest BCUT2D eigenvalue weighted by molar-refractivity contribution is 6.21. The van der Waals surface area contributed by atoms with Crippen LogP contribution in [0.4, 0.5) is 0 Å². The molecule has 0 heterocycles. The number of carbonyl (C=O) groups excluding carboxylic acids is 1. The minimum atomic E-state index is -0.664. The summed E-state index contributed by atoms with van der Waals surface area (Å²) in [6.45, 7) is 3.71. The maximum atomic E-state index is 11.4. The largest absolute Gasteiger partial charge is 0.593 e. The molecule has 2 rings (SSSR count). The molecule has 6 heteroatoms. The van der Waals surface area contributed by atoms with Gasteiger partial charge in [-0.25, -0.2) is 0 Å². The van der Waals surface area contributed by atoms with Crippen LogP contribution in [-0.4, -0.2) is 46.0 Å². The van der Waals surface area contributed by atoms with Crippen LogP contribution < -0.4 is 0 Å². The van der Waals surface area contributed by atoms with Crippen molar-refractivity contribution >= 4 is 17.6 Å². The van der Waals surface area contributed by atoms with Gasteiger partial charge in [-0.15, -0.1) is 23.4 Å². The van der Waals surface area contributed by atoms with Crippen LogP contribution in [0.1, 0.15) is 56.6 Å². The summed E-state index contributed by atoms with van der Waals surface area (Å²) in [4.78, 5) is 11.4. The third-order valence-electron chi connectivity index (χ3n) is 6.03. The van der Waals surface area contributed by atoms with Gasteiger partial charge in [-0.3, -0.25) is 4.79 Å². The Bertz CT molecular complexity index is 825. The topological polar surface area (TPSA) is 89.7 Å². The van der Waals surface area contributed by atoms with Crippen LogP contribution in [0.25, 0.3) is 0 Å². The normalized spacial score (nSPS) is 25.1. The molecule has 0 spiro atoms. The summed E-state index contributed by atoms with van der Waals surface area (Å²) < 4.78 is 4.68. The molecule has 1 aliphatic carbocycles. The predicted octanol–water partition coefficient (Wildman–Crippen LogP) is 3.66. The molecule has 1 fully saturated rings. The number of rotatable bonds is 9. The average molecular weight is 450 g/mol. The Kier molecular flexibility index (Phi) is 9.90. The van der Waals surface area contributed by atoms with Gasteiger partial charge in [0.25, 0.3) is 5.75 Å². The van der Waals surface area contributed by atoms with Crippen LogP contribution in [0, 0.1) is 23.7 Å². The zero-order valence-electron chi connectivity index (χ0n) is 18.5. The monoisotopic (exact) mass is 449 g/mol. The van der Waals surface area contributed by atoms with Gasteiger partial charge < -0.3 is 20.1 Å². The SMILES string of the molecule is CC#CCC(C)C(O)/C=C/[C@@H]1[C@@H](c2cccc(CCCC(=O)OC)c2[OH2+])[C@H](Cl)C[C@H]1O. The summed E-state index contributed by atoms with van der Waals surface area (Å²) >= 11 is 6.62. The zero-order chi connectivity index (χ0) is 23.0. The third kappa shape index (κ3) is 6.74. The second-order valence-corrected chi connectivity index (χ2v) is 8.78. The smallest absolute Gasteiger partial charge is 0.305 e. The summed E-state index contributed by atoms with van der Waals surface area (Å²) in [5.74, 6) is 5.44. The molecular weight excluding hydrogens is 416 g/mol. The molecule has 5 nitrogen and oxygen atoms in total. The van der Waals surface area contributed by atoms with Crippen LogP contribution >= 0.6 is 11.6 Å². The molecule has 31 heavy (non-hydrogen) atoms. The number of para-hydroxylation sites is 1. The molecule has 1 saturated carbocycles. The second kappa shape index (κ2) is 12.1. The summed E-state index contributed by atoms with van der Waals surface area (Å²) in [5, 5.41) is 29.4. The molecule has 0 aliphatic heterocycles. The first-order valence-corrected chi connectivity index (χ1v) is 11.2. The van der Waals surface area contributed by atoms with Gasteiger partial charge >= 0.3 is 5.97 Å². The number of hydrogen-bond acceptors (Lipinski definition) is 4. The highest BCUT2D eigenvalue weighted by Gasteiger charge is 2.43. The van der Waals surface area contributed by atoms with Crippen molar-refractivity contribution in [3.8, 4) is 17.6 Å². The van der Waals surface area contributed by atoms with Crippen LogP contribution in [0.3, 0.4) is 0 Å². The number of hydrogen-bond donors (Lipinski definition) is 2. The Morgan fingerprint density at radius 3 is 2.87 bits per heavy atom. The molecule has 6 atom stereocenters. The van der Waals surface area contributed by atoms with E-state index in [0.29, 0.717) is 37.9 Å². The Labute approximate surface area is 190 Å². The fraction of sp³-hybridized carbons (Fsp3) is 0.560. The summed E-state index contributed by atoms with van der Waals surface area (Å²) in [7, 11) is 1.37. The van der Waals surface area contributed by atoms with Crippen molar-refractivity contribution < 1.29 is 24.9 Å². The lowest BCUT2D eigenvalue weighted by Gasteiger charge is -2.22. The van der Waals surface area contributed by atoms with Gasteiger partial charge in [0, 0.05) is 35.6 Å². The van der Waals surface area contributed by atoms with E-state index in [9.17, 15) is 15.0 Å². The van der Waals surface area contributed by atoms with Gasteiger partial charge in [0.15, 0.2) is 0 Å². The molecule has 2 unspecified atom stereocenters.